The third kappa shape index (κ3) is 3.88. The topological polar surface area (TPSA) is 107 Å². The van der Waals surface area contributed by atoms with Crippen LogP contribution in [0.4, 0.5) is 27.6 Å². The number of fused-ring (bicyclic) bond motifs is 4. The smallest absolute Gasteiger partial charge is 0.352 e. The minimum Gasteiger partial charge on any atom is -0.508 e. The first-order valence-electron chi connectivity index (χ1n) is 13.6. The monoisotopic (exact) mass is 712 g/mol. The Bertz CT molecular complexity index is 2210. The second kappa shape index (κ2) is 10.3. The van der Waals surface area contributed by atoms with Crippen LogP contribution < -0.4 is 16.3 Å². The van der Waals surface area contributed by atoms with Gasteiger partial charge in [0.15, 0.2) is 33.0 Å². The predicted octanol–water partition coefficient (Wildman–Crippen LogP) is 5.05. The molecule has 242 valence electrons. The summed E-state index contributed by atoms with van der Waals surface area (Å²) in [6, 6.07) is 10.00. The Morgan fingerprint density at radius 2 is 1.43 bits per heavy atom. The molecule has 0 bridgehead atoms. The van der Waals surface area contributed by atoms with Gasteiger partial charge in [-0.05, 0) is 35.9 Å². The lowest BCUT2D eigenvalue weighted by atomic mass is 9.64. The van der Waals surface area contributed by atoms with E-state index in [4.69, 9.17) is 34.8 Å². The Hall–Kier alpha value is -4.40. The second-order valence-corrected chi connectivity index (χ2v) is 12.8. The highest BCUT2D eigenvalue weighted by Gasteiger charge is 2.76. The van der Waals surface area contributed by atoms with Gasteiger partial charge >= 0.3 is 11.4 Å². The van der Waals surface area contributed by atoms with Crippen LogP contribution in [0.2, 0.25) is 5.02 Å². The van der Waals surface area contributed by atoms with Crippen LogP contribution in [-0.2, 0) is 16.1 Å². The van der Waals surface area contributed by atoms with E-state index < -0.39 is 91.8 Å². The maximum absolute atomic E-state index is 15.1. The van der Waals surface area contributed by atoms with Crippen molar-refractivity contribution in [1.29, 1.82) is 0 Å². The highest BCUT2D eigenvalue weighted by atomic mass is 35.5. The molecular formula is C30H16Cl3F5N4O5. The zero-order chi connectivity index (χ0) is 33.9. The number of hydrogen-bond donors (Lipinski definition) is 1. The van der Waals surface area contributed by atoms with E-state index in [9.17, 15) is 37.5 Å². The molecule has 1 N–H and O–H groups in total. The summed E-state index contributed by atoms with van der Waals surface area (Å²) in [6.07, 6.45) is 0.627. The van der Waals surface area contributed by atoms with Gasteiger partial charge in [0.1, 0.15) is 11.4 Å². The molecule has 4 atom stereocenters. The molecule has 1 saturated carbocycles. The van der Waals surface area contributed by atoms with Crippen LogP contribution in [0.3, 0.4) is 0 Å². The van der Waals surface area contributed by atoms with Crippen molar-refractivity contribution >= 4 is 52.3 Å². The van der Waals surface area contributed by atoms with Gasteiger partial charge in [0.05, 0.1) is 18.3 Å². The summed E-state index contributed by atoms with van der Waals surface area (Å²) in [4.78, 5) is 49.9. The minimum absolute atomic E-state index is 0.00512. The van der Waals surface area contributed by atoms with Gasteiger partial charge in [0, 0.05) is 22.9 Å². The number of allylic oxidation sites excluding steroid dienone is 2. The Kier molecular flexibility index (Phi) is 6.84. The van der Waals surface area contributed by atoms with E-state index in [1.165, 1.54) is 30.3 Å². The van der Waals surface area contributed by atoms with Crippen molar-refractivity contribution in [2.45, 2.75) is 34.7 Å². The minimum atomic E-state index is -2.82. The molecule has 4 unspecified atom stereocenters. The molecule has 3 heterocycles. The average molecular weight is 714 g/mol. The predicted molar refractivity (Wildman–Crippen MR) is 158 cm³/mol. The van der Waals surface area contributed by atoms with E-state index in [-0.39, 0.29) is 33.3 Å². The average Bonchev–Trinajstić information content (AvgIpc) is 3.39. The van der Waals surface area contributed by atoms with Crippen molar-refractivity contribution in [2.75, 3.05) is 4.90 Å². The number of benzene rings is 3. The summed E-state index contributed by atoms with van der Waals surface area (Å²) >= 11 is 20.2. The molecular weight excluding hydrogens is 698 g/mol. The van der Waals surface area contributed by atoms with E-state index >= 15 is 8.78 Å². The highest BCUT2D eigenvalue weighted by molar-refractivity contribution is 6.58. The molecule has 9 nitrogen and oxygen atoms in total. The van der Waals surface area contributed by atoms with Crippen LogP contribution in [-0.4, -0.2) is 40.6 Å². The quantitative estimate of drug-likeness (QED) is 0.0799. The molecule has 2 fully saturated rings. The second-order valence-electron chi connectivity index (χ2n) is 11.1. The van der Waals surface area contributed by atoms with Crippen LogP contribution in [0.25, 0.3) is 5.69 Å². The summed E-state index contributed by atoms with van der Waals surface area (Å²) in [5.41, 5.74) is -3.57. The van der Waals surface area contributed by atoms with Crippen LogP contribution in [0.5, 0.6) is 5.75 Å². The number of carbonyl (C=O) groups excluding carboxylic acids is 2. The normalized spacial score (nSPS) is 25.0. The molecule has 2 amide bonds. The number of nitrogens with zero attached hydrogens (tertiary/aromatic N) is 4. The molecule has 3 aromatic carbocycles. The molecule has 0 spiro atoms. The molecule has 3 aliphatic rings. The number of carbonyl (C=O) groups is 2. The zero-order valence-electron chi connectivity index (χ0n) is 23.2. The van der Waals surface area contributed by atoms with Crippen LogP contribution >= 0.6 is 34.8 Å². The number of aromatic hydroxyl groups is 1. The number of halogens is 8. The molecule has 0 radical (unpaired) electrons. The number of para-hydroxylation sites is 1. The summed E-state index contributed by atoms with van der Waals surface area (Å²) in [7, 11) is 0. The third-order valence-electron chi connectivity index (χ3n) is 8.80. The van der Waals surface area contributed by atoms with Crippen LogP contribution in [0, 0.1) is 29.1 Å². The number of imide groups is 1. The number of amides is 2. The molecule has 47 heavy (non-hydrogen) atoms. The van der Waals surface area contributed by atoms with Crippen molar-refractivity contribution in [3.8, 4) is 11.4 Å². The number of phenolic OH excluding ortho intramolecular Hbond substituents is 1. The van der Waals surface area contributed by atoms with Crippen molar-refractivity contribution in [1.82, 2.24) is 13.9 Å². The number of rotatable bonds is 3. The van der Waals surface area contributed by atoms with Crippen LogP contribution in [0.1, 0.15) is 23.9 Å². The van der Waals surface area contributed by atoms with Gasteiger partial charge in [-0.15, -0.1) is 23.2 Å². The Labute approximate surface area is 274 Å². The number of aromatic nitrogens is 3. The van der Waals surface area contributed by atoms with Crippen molar-refractivity contribution < 1.29 is 36.6 Å². The van der Waals surface area contributed by atoms with E-state index in [1.807, 2.05) is 0 Å². The van der Waals surface area contributed by atoms with Crippen molar-refractivity contribution in [3.63, 3.8) is 0 Å². The fourth-order valence-corrected chi connectivity index (χ4v) is 7.82. The van der Waals surface area contributed by atoms with Crippen LogP contribution in [0.15, 0.2) is 69.8 Å². The molecule has 17 heteroatoms. The summed E-state index contributed by atoms with van der Waals surface area (Å²) < 4.78 is 75.7. The third-order valence-corrected chi connectivity index (χ3v) is 10.5. The van der Waals surface area contributed by atoms with E-state index in [2.05, 4.69) is 0 Å². The highest BCUT2D eigenvalue weighted by Crippen LogP contribution is 2.65. The SMILES string of the molecule is O=C1N(c2c(F)c(F)c(F)c(F)c2F)C(=O)C2(Cl)C(c3cc(Cl)ccc3O)C3=CCn4c(=O)n(-c5ccccc5)c(=O)n4C3CC12Cl. The maximum Gasteiger partial charge on any atom is 0.352 e. The number of alkyl halides is 2. The first kappa shape index (κ1) is 31.2. The molecule has 1 aliphatic carbocycles. The van der Waals surface area contributed by atoms with E-state index in [0.29, 0.717) is 0 Å². The Morgan fingerprint density at radius 1 is 0.809 bits per heavy atom. The standard InChI is InChI=1S/C30H16Cl3F5N4O5/c31-12-6-7-17(43)15(10-12)18-14-8-9-39-27(46)40(13-4-2-1-3-5-13)28(47)42(39)16(14)11-29(32)25(44)41(26(45)30(18,29)33)24-22(37)20(35)19(34)21(36)23(24)38/h1-8,10,16,18,43H,9,11H2. The number of phenols is 1. The molecule has 2 aliphatic heterocycles. The Morgan fingerprint density at radius 3 is 2.06 bits per heavy atom. The summed E-state index contributed by atoms with van der Waals surface area (Å²) in [5.74, 6) is -18.0. The van der Waals surface area contributed by atoms with Gasteiger partial charge in [-0.2, -0.15) is 0 Å². The first-order valence-corrected chi connectivity index (χ1v) is 14.8. The molecule has 4 aromatic rings. The van der Waals surface area contributed by atoms with Gasteiger partial charge in [0.2, 0.25) is 5.82 Å². The summed E-state index contributed by atoms with van der Waals surface area (Å²) in [6.45, 7) is -0.288. The first-order chi connectivity index (χ1) is 22.2. The molecule has 1 aromatic heterocycles. The fourth-order valence-electron chi connectivity index (χ4n) is 6.73. The Balaban J connectivity index is 1.51. The van der Waals surface area contributed by atoms with Gasteiger partial charge in [-0.25, -0.2) is 50.4 Å². The van der Waals surface area contributed by atoms with Gasteiger partial charge in [-0.1, -0.05) is 35.9 Å². The van der Waals surface area contributed by atoms with E-state index in [1.54, 1.807) is 18.2 Å². The number of anilines is 1. The lowest BCUT2D eigenvalue weighted by Crippen LogP contribution is -2.59. The fraction of sp³-hybridized carbons (Fsp3) is 0.200. The number of hydrogen-bond acceptors (Lipinski definition) is 5. The lowest BCUT2D eigenvalue weighted by molar-refractivity contribution is -0.122. The van der Waals surface area contributed by atoms with Gasteiger partial charge in [-0.3, -0.25) is 9.59 Å². The lowest BCUT2D eigenvalue weighted by Gasteiger charge is -2.49. The van der Waals surface area contributed by atoms with Crippen molar-refractivity contribution in [2.24, 2.45) is 0 Å². The van der Waals surface area contributed by atoms with E-state index in [0.717, 1.165) is 20.0 Å². The maximum atomic E-state index is 15.1. The molecule has 1 saturated heterocycles. The van der Waals surface area contributed by atoms with Gasteiger partial charge in [0.25, 0.3) is 11.8 Å². The van der Waals surface area contributed by atoms with Crippen molar-refractivity contribution in [3.05, 3.63) is 121 Å². The summed E-state index contributed by atoms with van der Waals surface area (Å²) in [5, 5.41) is 11.0. The zero-order valence-corrected chi connectivity index (χ0v) is 25.4. The van der Waals surface area contributed by atoms with Gasteiger partial charge < -0.3 is 5.11 Å². The largest absolute Gasteiger partial charge is 0.508 e. The molecule has 7 rings (SSSR count).